The zero-order chi connectivity index (χ0) is 16.4. The van der Waals surface area contributed by atoms with Crippen molar-refractivity contribution >= 4 is 17.2 Å². The van der Waals surface area contributed by atoms with E-state index < -0.39 is 0 Å². The molecule has 0 bridgehead atoms. The molecule has 2 heterocycles. The lowest BCUT2D eigenvalue weighted by molar-refractivity contribution is -0.117. The first-order valence-corrected chi connectivity index (χ1v) is 7.13. The van der Waals surface area contributed by atoms with Crippen LogP contribution < -0.4 is 11.0 Å². The van der Waals surface area contributed by atoms with Gasteiger partial charge in [0.2, 0.25) is 5.91 Å². The van der Waals surface area contributed by atoms with Crippen LogP contribution in [0.4, 0.5) is 5.69 Å². The Hall–Kier alpha value is -2.93. The van der Waals surface area contributed by atoms with Crippen LogP contribution in [0.15, 0.2) is 47.4 Å². The molecule has 2 N–H and O–H groups in total. The van der Waals surface area contributed by atoms with Crippen molar-refractivity contribution < 1.29 is 9.90 Å². The van der Waals surface area contributed by atoms with E-state index in [0.29, 0.717) is 16.9 Å². The third-order valence-electron chi connectivity index (χ3n) is 3.54. The highest BCUT2D eigenvalue weighted by atomic mass is 16.3. The summed E-state index contributed by atoms with van der Waals surface area (Å²) in [4.78, 5) is 24.3. The zero-order valence-corrected chi connectivity index (χ0v) is 12.6. The van der Waals surface area contributed by atoms with Gasteiger partial charge in [0.25, 0.3) is 0 Å². The fraction of sp³-hybridized carbons (Fsp3) is 0.188. The summed E-state index contributed by atoms with van der Waals surface area (Å²) in [6.45, 7) is 1.58. The number of hydrogen-bond donors (Lipinski definition) is 2. The number of amides is 1. The minimum atomic E-state index is -0.364. The Kier molecular flexibility index (Phi) is 3.94. The maximum atomic E-state index is 12.2. The lowest BCUT2D eigenvalue weighted by atomic mass is 10.1. The van der Waals surface area contributed by atoms with Crippen molar-refractivity contribution in [3.63, 3.8) is 0 Å². The van der Waals surface area contributed by atoms with Gasteiger partial charge in [0.15, 0.2) is 5.65 Å². The zero-order valence-electron chi connectivity index (χ0n) is 12.6. The molecule has 1 amide bonds. The van der Waals surface area contributed by atoms with Gasteiger partial charge in [-0.05, 0) is 36.2 Å². The molecular formula is C16H16N4O3. The number of benzene rings is 1. The maximum absolute atomic E-state index is 12.2. The number of anilines is 1. The molecule has 3 aromatic rings. The summed E-state index contributed by atoms with van der Waals surface area (Å²) in [5.41, 5.74) is 2.31. The largest absolute Gasteiger partial charge is 0.392 e. The van der Waals surface area contributed by atoms with Crippen LogP contribution in [0.25, 0.3) is 5.65 Å². The van der Waals surface area contributed by atoms with Crippen LogP contribution in [-0.2, 0) is 17.9 Å². The van der Waals surface area contributed by atoms with E-state index in [0.717, 1.165) is 10.2 Å². The number of carbonyl (C=O) groups excluding carboxylic acids is 1. The molecule has 0 atom stereocenters. The average Bonchev–Trinajstić information content (AvgIpc) is 2.86. The highest BCUT2D eigenvalue weighted by molar-refractivity contribution is 5.91. The summed E-state index contributed by atoms with van der Waals surface area (Å²) in [5, 5.41) is 16.0. The maximum Gasteiger partial charge on any atom is 0.350 e. The minimum absolute atomic E-state index is 0.102. The topological polar surface area (TPSA) is 88.6 Å². The molecule has 0 radical (unpaired) electrons. The highest BCUT2D eigenvalue weighted by Gasteiger charge is 2.11. The van der Waals surface area contributed by atoms with Crippen LogP contribution in [0.1, 0.15) is 11.1 Å². The van der Waals surface area contributed by atoms with Gasteiger partial charge < -0.3 is 10.4 Å². The lowest BCUT2D eigenvalue weighted by Crippen LogP contribution is -2.28. The molecule has 0 saturated carbocycles. The summed E-state index contributed by atoms with van der Waals surface area (Å²) in [7, 11) is 0. The molecule has 7 heteroatoms. The first kappa shape index (κ1) is 15.0. The number of rotatable bonds is 4. The van der Waals surface area contributed by atoms with E-state index >= 15 is 0 Å². The van der Waals surface area contributed by atoms with E-state index in [2.05, 4.69) is 10.4 Å². The first-order valence-electron chi connectivity index (χ1n) is 7.13. The fourth-order valence-electron chi connectivity index (χ4n) is 2.30. The molecule has 1 aromatic carbocycles. The van der Waals surface area contributed by atoms with Gasteiger partial charge in [-0.3, -0.25) is 9.20 Å². The molecule has 0 aliphatic rings. The van der Waals surface area contributed by atoms with E-state index in [1.807, 2.05) is 13.0 Å². The van der Waals surface area contributed by atoms with Gasteiger partial charge in [0.05, 0.1) is 6.61 Å². The number of aliphatic hydroxyl groups is 1. The SMILES string of the molecule is Cc1ccc(CO)cc1NC(=O)Cn1nc2ccccn2c1=O. The standard InChI is InChI=1S/C16H16N4O3/c1-11-5-6-12(10-21)8-13(11)17-15(22)9-20-16(23)19-7-3-2-4-14(19)18-20/h2-8,21H,9-10H2,1H3,(H,17,22). The normalized spacial score (nSPS) is 10.9. The van der Waals surface area contributed by atoms with Gasteiger partial charge in [-0.2, -0.15) is 0 Å². The molecule has 0 spiro atoms. The second-order valence-electron chi connectivity index (χ2n) is 5.22. The minimum Gasteiger partial charge on any atom is -0.392 e. The van der Waals surface area contributed by atoms with Gasteiger partial charge in [0, 0.05) is 11.9 Å². The number of aryl methyl sites for hydroxylation is 1. The van der Waals surface area contributed by atoms with E-state index in [9.17, 15) is 9.59 Å². The van der Waals surface area contributed by atoms with E-state index in [1.165, 1.54) is 4.40 Å². The van der Waals surface area contributed by atoms with Crippen LogP contribution in [0.5, 0.6) is 0 Å². The number of nitrogens with zero attached hydrogens (tertiary/aromatic N) is 3. The Balaban J connectivity index is 1.81. The van der Waals surface area contributed by atoms with Crippen LogP contribution in [-0.4, -0.2) is 25.2 Å². The second kappa shape index (κ2) is 6.05. The molecule has 118 valence electrons. The third kappa shape index (κ3) is 3.00. The Bertz CT molecular complexity index is 926. The van der Waals surface area contributed by atoms with Crippen molar-refractivity contribution in [3.8, 4) is 0 Å². The number of hydrogen-bond acceptors (Lipinski definition) is 4. The average molecular weight is 312 g/mol. The Morgan fingerprint density at radius 3 is 2.87 bits per heavy atom. The molecule has 2 aromatic heterocycles. The number of fused-ring (bicyclic) bond motifs is 1. The molecule has 23 heavy (non-hydrogen) atoms. The van der Waals surface area contributed by atoms with Gasteiger partial charge in [0.1, 0.15) is 6.54 Å². The summed E-state index contributed by atoms with van der Waals surface area (Å²) in [5.74, 6) is -0.353. The van der Waals surface area contributed by atoms with Crippen molar-refractivity contribution in [3.05, 3.63) is 64.2 Å². The molecule has 3 rings (SSSR count). The van der Waals surface area contributed by atoms with E-state index in [-0.39, 0.29) is 24.7 Å². The Labute approximate surface area is 131 Å². The van der Waals surface area contributed by atoms with Crippen LogP contribution >= 0.6 is 0 Å². The monoisotopic (exact) mass is 312 g/mol. The quantitative estimate of drug-likeness (QED) is 0.750. The Morgan fingerprint density at radius 2 is 2.13 bits per heavy atom. The fourth-order valence-corrected chi connectivity index (χ4v) is 2.30. The summed E-state index contributed by atoms with van der Waals surface area (Å²) in [6.07, 6.45) is 1.61. The number of aliphatic hydroxyl groups excluding tert-OH is 1. The predicted octanol–water partition coefficient (Wildman–Crippen LogP) is 0.935. The summed E-state index contributed by atoms with van der Waals surface area (Å²) < 4.78 is 2.50. The van der Waals surface area contributed by atoms with E-state index in [4.69, 9.17) is 5.11 Å². The lowest BCUT2D eigenvalue weighted by Gasteiger charge is -2.09. The second-order valence-corrected chi connectivity index (χ2v) is 5.22. The predicted molar refractivity (Wildman–Crippen MR) is 85.2 cm³/mol. The van der Waals surface area contributed by atoms with Crippen LogP contribution in [0, 0.1) is 6.92 Å². The Morgan fingerprint density at radius 1 is 1.30 bits per heavy atom. The van der Waals surface area contributed by atoms with Gasteiger partial charge in [-0.15, -0.1) is 5.10 Å². The van der Waals surface area contributed by atoms with E-state index in [1.54, 1.807) is 36.5 Å². The number of nitrogens with one attached hydrogen (secondary N) is 1. The van der Waals surface area contributed by atoms with Crippen molar-refractivity contribution in [1.82, 2.24) is 14.2 Å². The molecule has 0 aliphatic heterocycles. The third-order valence-corrected chi connectivity index (χ3v) is 3.54. The molecule has 0 aliphatic carbocycles. The molecule has 0 fully saturated rings. The highest BCUT2D eigenvalue weighted by Crippen LogP contribution is 2.16. The van der Waals surface area contributed by atoms with Gasteiger partial charge >= 0.3 is 5.69 Å². The molecule has 7 nitrogen and oxygen atoms in total. The number of carbonyl (C=O) groups is 1. The smallest absolute Gasteiger partial charge is 0.350 e. The molecular weight excluding hydrogens is 296 g/mol. The first-order chi connectivity index (χ1) is 11.1. The van der Waals surface area contributed by atoms with Crippen molar-refractivity contribution in [2.75, 3.05) is 5.32 Å². The number of pyridine rings is 1. The molecule has 0 saturated heterocycles. The van der Waals surface area contributed by atoms with Crippen molar-refractivity contribution in [1.29, 1.82) is 0 Å². The summed E-state index contributed by atoms with van der Waals surface area (Å²) in [6, 6.07) is 10.5. The van der Waals surface area contributed by atoms with Crippen LogP contribution in [0.3, 0.4) is 0 Å². The van der Waals surface area contributed by atoms with Gasteiger partial charge in [-0.1, -0.05) is 18.2 Å². The van der Waals surface area contributed by atoms with Crippen LogP contribution in [0.2, 0.25) is 0 Å². The summed E-state index contributed by atoms with van der Waals surface area (Å²) >= 11 is 0. The molecule has 0 unspecified atom stereocenters. The number of aromatic nitrogens is 3. The van der Waals surface area contributed by atoms with Crippen molar-refractivity contribution in [2.45, 2.75) is 20.1 Å². The van der Waals surface area contributed by atoms with Crippen molar-refractivity contribution in [2.24, 2.45) is 0 Å². The van der Waals surface area contributed by atoms with Gasteiger partial charge in [-0.25, -0.2) is 9.48 Å².